The summed E-state index contributed by atoms with van der Waals surface area (Å²) in [6.07, 6.45) is 2.48. The SMILES string of the molecule is O=C(c1cc(-c2ccco2)[nH]n1)N1CCSC(c2ccc3c(c2)OCO3)CC1. The summed E-state index contributed by atoms with van der Waals surface area (Å²) < 4.78 is 16.2. The maximum Gasteiger partial charge on any atom is 0.274 e. The van der Waals surface area contributed by atoms with Crippen LogP contribution in [-0.2, 0) is 0 Å². The van der Waals surface area contributed by atoms with Crippen molar-refractivity contribution in [1.29, 1.82) is 0 Å². The molecule has 2 aromatic heterocycles. The van der Waals surface area contributed by atoms with Gasteiger partial charge in [-0.1, -0.05) is 6.07 Å². The standard InChI is InChI=1S/C20H19N3O4S/c24-20(15-11-14(21-22-15)16-2-1-8-25-16)23-6-5-19(28-9-7-23)13-3-4-17-18(10-13)27-12-26-17/h1-4,8,10-11,19H,5-7,9,12H2,(H,21,22). The topological polar surface area (TPSA) is 80.6 Å². The molecule has 7 nitrogen and oxygen atoms in total. The molecule has 144 valence electrons. The third-order valence-electron chi connectivity index (χ3n) is 4.98. The number of rotatable bonds is 3. The van der Waals surface area contributed by atoms with E-state index in [0.29, 0.717) is 35.5 Å². The van der Waals surface area contributed by atoms with Crippen LogP contribution in [0.2, 0.25) is 0 Å². The zero-order chi connectivity index (χ0) is 18.9. The van der Waals surface area contributed by atoms with Crippen LogP contribution in [0.25, 0.3) is 11.5 Å². The smallest absolute Gasteiger partial charge is 0.274 e. The fourth-order valence-electron chi connectivity index (χ4n) is 3.50. The van der Waals surface area contributed by atoms with E-state index in [1.165, 1.54) is 5.56 Å². The lowest BCUT2D eigenvalue weighted by atomic mass is 10.1. The van der Waals surface area contributed by atoms with Crippen molar-refractivity contribution >= 4 is 17.7 Å². The molecule has 1 aromatic carbocycles. The van der Waals surface area contributed by atoms with Crippen molar-refractivity contribution < 1.29 is 18.7 Å². The fraction of sp³-hybridized carbons (Fsp3) is 0.300. The second-order valence-corrected chi connectivity index (χ2v) is 8.01. The molecule has 28 heavy (non-hydrogen) atoms. The summed E-state index contributed by atoms with van der Waals surface area (Å²) >= 11 is 1.87. The van der Waals surface area contributed by atoms with Crippen LogP contribution < -0.4 is 9.47 Å². The first-order chi connectivity index (χ1) is 13.8. The Morgan fingerprint density at radius 1 is 1.18 bits per heavy atom. The highest BCUT2D eigenvalue weighted by Crippen LogP contribution is 2.40. The zero-order valence-electron chi connectivity index (χ0n) is 15.1. The van der Waals surface area contributed by atoms with E-state index in [1.807, 2.05) is 28.8 Å². The van der Waals surface area contributed by atoms with Gasteiger partial charge in [0.15, 0.2) is 23.0 Å². The van der Waals surface area contributed by atoms with Crippen LogP contribution in [0.4, 0.5) is 0 Å². The number of H-pyrrole nitrogens is 1. The van der Waals surface area contributed by atoms with Gasteiger partial charge in [0.25, 0.3) is 5.91 Å². The number of carbonyl (C=O) groups excluding carboxylic acids is 1. The predicted molar refractivity (Wildman–Crippen MR) is 105 cm³/mol. The molecule has 0 radical (unpaired) electrons. The van der Waals surface area contributed by atoms with E-state index in [-0.39, 0.29) is 12.7 Å². The van der Waals surface area contributed by atoms with Crippen molar-refractivity contribution in [1.82, 2.24) is 15.1 Å². The number of hydrogen-bond donors (Lipinski definition) is 1. The molecule has 5 rings (SSSR count). The molecule has 4 heterocycles. The Hall–Kier alpha value is -2.87. The highest BCUT2D eigenvalue weighted by molar-refractivity contribution is 7.99. The Labute approximate surface area is 166 Å². The summed E-state index contributed by atoms with van der Waals surface area (Å²) in [5.41, 5.74) is 2.33. The number of hydrogen-bond acceptors (Lipinski definition) is 6. The number of nitrogens with zero attached hydrogens (tertiary/aromatic N) is 2. The average molecular weight is 397 g/mol. The average Bonchev–Trinajstić information content (AvgIpc) is 3.45. The number of ether oxygens (including phenoxy) is 2. The number of furan rings is 1. The van der Waals surface area contributed by atoms with Gasteiger partial charge >= 0.3 is 0 Å². The molecular formula is C20H19N3O4S. The Kier molecular flexibility index (Phi) is 4.48. The van der Waals surface area contributed by atoms with Gasteiger partial charge in [0, 0.05) is 30.2 Å². The van der Waals surface area contributed by atoms with Gasteiger partial charge in [-0.3, -0.25) is 9.89 Å². The molecule has 8 heteroatoms. The molecule has 1 N–H and O–H groups in total. The Morgan fingerprint density at radius 2 is 2.11 bits per heavy atom. The van der Waals surface area contributed by atoms with Gasteiger partial charge in [0.1, 0.15) is 5.69 Å². The summed E-state index contributed by atoms with van der Waals surface area (Å²) in [6, 6.07) is 11.5. The first-order valence-electron chi connectivity index (χ1n) is 9.17. The molecule has 0 spiro atoms. The van der Waals surface area contributed by atoms with Crippen molar-refractivity contribution in [2.24, 2.45) is 0 Å². The van der Waals surface area contributed by atoms with Crippen molar-refractivity contribution in [3.8, 4) is 23.0 Å². The number of amides is 1. The lowest BCUT2D eigenvalue weighted by Gasteiger charge is -2.19. The van der Waals surface area contributed by atoms with Gasteiger partial charge in [0.05, 0.1) is 6.26 Å². The minimum Gasteiger partial charge on any atom is -0.463 e. The highest BCUT2D eigenvalue weighted by Gasteiger charge is 2.26. The zero-order valence-corrected chi connectivity index (χ0v) is 15.9. The number of carbonyl (C=O) groups is 1. The third-order valence-corrected chi connectivity index (χ3v) is 6.31. The Balaban J connectivity index is 1.27. The van der Waals surface area contributed by atoms with E-state index in [4.69, 9.17) is 13.9 Å². The van der Waals surface area contributed by atoms with Crippen LogP contribution in [0.15, 0.2) is 47.1 Å². The Bertz CT molecular complexity index is 985. The van der Waals surface area contributed by atoms with Gasteiger partial charge in [-0.15, -0.1) is 0 Å². The molecule has 0 aliphatic carbocycles. The fourth-order valence-corrected chi connectivity index (χ4v) is 4.73. The number of thioether (sulfide) groups is 1. The maximum absolute atomic E-state index is 12.9. The van der Waals surface area contributed by atoms with E-state index in [2.05, 4.69) is 22.3 Å². The molecule has 2 aliphatic rings. The Morgan fingerprint density at radius 3 is 3.00 bits per heavy atom. The first kappa shape index (κ1) is 17.2. The number of aromatic amines is 1. The van der Waals surface area contributed by atoms with Gasteiger partial charge in [-0.25, -0.2) is 0 Å². The number of aromatic nitrogens is 2. The van der Waals surface area contributed by atoms with Crippen LogP contribution >= 0.6 is 11.8 Å². The molecule has 0 bridgehead atoms. The molecule has 1 saturated heterocycles. The largest absolute Gasteiger partial charge is 0.463 e. The molecule has 1 unspecified atom stereocenters. The minimum absolute atomic E-state index is 0.0546. The van der Waals surface area contributed by atoms with E-state index in [1.54, 1.807) is 18.4 Å². The number of benzene rings is 1. The highest BCUT2D eigenvalue weighted by atomic mass is 32.2. The van der Waals surface area contributed by atoms with E-state index in [9.17, 15) is 4.79 Å². The lowest BCUT2D eigenvalue weighted by molar-refractivity contribution is 0.0760. The lowest BCUT2D eigenvalue weighted by Crippen LogP contribution is -2.33. The van der Waals surface area contributed by atoms with E-state index >= 15 is 0 Å². The van der Waals surface area contributed by atoms with Crippen molar-refractivity contribution in [3.05, 3.63) is 53.9 Å². The van der Waals surface area contributed by atoms with E-state index in [0.717, 1.165) is 23.7 Å². The summed E-state index contributed by atoms with van der Waals surface area (Å²) in [5.74, 6) is 3.09. The van der Waals surface area contributed by atoms with Crippen molar-refractivity contribution in [2.75, 3.05) is 25.6 Å². The molecular weight excluding hydrogens is 378 g/mol. The molecule has 1 fully saturated rings. The summed E-state index contributed by atoms with van der Waals surface area (Å²) in [5, 5.41) is 7.39. The van der Waals surface area contributed by atoms with Crippen LogP contribution in [0.5, 0.6) is 11.5 Å². The first-order valence-corrected chi connectivity index (χ1v) is 10.2. The minimum atomic E-state index is -0.0546. The molecule has 1 amide bonds. The number of fused-ring (bicyclic) bond motifs is 1. The summed E-state index contributed by atoms with van der Waals surface area (Å²) in [6.45, 7) is 1.67. The van der Waals surface area contributed by atoms with Gasteiger partial charge in [-0.2, -0.15) is 16.9 Å². The monoisotopic (exact) mass is 397 g/mol. The second kappa shape index (κ2) is 7.27. The maximum atomic E-state index is 12.9. The quantitative estimate of drug-likeness (QED) is 0.726. The van der Waals surface area contributed by atoms with Gasteiger partial charge in [-0.05, 0) is 36.2 Å². The molecule has 1 atom stereocenters. The molecule has 2 aliphatic heterocycles. The summed E-state index contributed by atoms with van der Waals surface area (Å²) in [4.78, 5) is 14.8. The predicted octanol–water partition coefficient (Wildman–Crippen LogP) is 3.72. The van der Waals surface area contributed by atoms with Gasteiger partial charge < -0.3 is 18.8 Å². The van der Waals surface area contributed by atoms with Crippen LogP contribution in [0, 0.1) is 0 Å². The second-order valence-electron chi connectivity index (χ2n) is 6.70. The van der Waals surface area contributed by atoms with Crippen LogP contribution in [0.3, 0.4) is 0 Å². The van der Waals surface area contributed by atoms with Gasteiger partial charge in [0.2, 0.25) is 6.79 Å². The summed E-state index contributed by atoms with van der Waals surface area (Å²) in [7, 11) is 0. The normalized spacial score (nSPS) is 18.9. The molecule has 3 aromatic rings. The molecule has 0 saturated carbocycles. The van der Waals surface area contributed by atoms with Crippen LogP contribution in [-0.4, -0.2) is 46.6 Å². The van der Waals surface area contributed by atoms with Crippen molar-refractivity contribution in [3.63, 3.8) is 0 Å². The van der Waals surface area contributed by atoms with E-state index < -0.39 is 0 Å². The third kappa shape index (κ3) is 3.24. The van der Waals surface area contributed by atoms with Crippen LogP contribution in [0.1, 0.15) is 27.7 Å². The van der Waals surface area contributed by atoms with Crippen molar-refractivity contribution in [2.45, 2.75) is 11.7 Å². The number of nitrogens with one attached hydrogen (secondary N) is 1.